The summed E-state index contributed by atoms with van der Waals surface area (Å²) in [4.78, 5) is 31.9. The van der Waals surface area contributed by atoms with Crippen molar-refractivity contribution in [1.29, 1.82) is 0 Å². The quantitative estimate of drug-likeness (QED) is 0.630. The average Bonchev–Trinajstić information content (AvgIpc) is 3.49. The van der Waals surface area contributed by atoms with Gasteiger partial charge in [-0.15, -0.1) is 0 Å². The Kier molecular flexibility index (Phi) is 5.93. The molecule has 0 unspecified atom stereocenters. The minimum atomic E-state index is 0.0185. The van der Waals surface area contributed by atoms with E-state index in [1.165, 1.54) is 12.8 Å². The summed E-state index contributed by atoms with van der Waals surface area (Å²) in [5, 5.41) is 3.18. The molecule has 2 heterocycles. The predicted molar refractivity (Wildman–Crippen MR) is 123 cm³/mol. The molecule has 5 rings (SSSR count). The number of rotatable bonds is 5. The molecule has 2 aliphatic rings. The van der Waals surface area contributed by atoms with E-state index < -0.39 is 0 Å². The first-order chi connectivity index (χ1) is 15.7. The van der Waals surface area contributed by atoms with E-state index in [0.29, 0.717) is 54.0 Å². The average molecular weight is 432 g/mol. The third kappa shape index (κ3) is 4.54. The van der Waals surface area contributed by atoms with Gasteiger partial charge in [0.05, 0.1) is 0 Å². The van der Waals surface area contributed by atoms with Crippen LogP contribution in [0.1, 0.15) is 55.3 Å². The standard InChI is InChI=1S/C26H29N3O3/c30-24(27-21-8-4-5-9-21)16-18-12-14-29(15-13-18)26(31)20-10-11-23-22(17-20)28-25(32-23)19-6-2-1-3-7-19/h1-3,6-7,10-11,17-18,21H,4-5,8-9,12-16H2,(H,27,30). The Morgan fingerprint density at radius 1 is 1.00 bits per heavy atom. The Morgan fingerprint density at radius 2 is 1.75 bits per heavy atom. The maximum Gasteiger partial charge on any atom is 0.253 e. The highest BCUT2D eigenvalue weighted by molar-refractivity contribution is 5.97. The van der Waals surface area contributed by atoms with Crippen molar-refractivity contribution in [3.05, 3.63) is 54.1 Å². The fraction of sp³-hybridized carbons (Fsp3) is 0.423. The third-order valence-electron chi connectivity index (χ3n) is 6.75. The molecule has 0 radical (unpaired) electrons. The summed E-state index contributed by atoms with van der Waals surface area (Å²) in [6.45, 7) is 1.37. The highest BCUT2D eigenvalue weighted by atomic mass is 16.3. The van der Waals surface area contributed by atoms with Gasteiger partial charge < -0.3 is 14.6 Å². The molecule has 1 aliphatic carbocycles. The maximum absolute atomic E-state index is 13.1. The topological polar surface area (TPSA) is 75.4 Å². The molecule has 1 saturated heterocycles. The number of hydrogen-bond donors (Lipinski definition) is 1. The van der Waals surface area contributed by atoms with E-state index in [1.807, 2.05) is 53.4 Å². The van der Waals surface area contributed by atoms with Crippen molar-refractivity contribution in [2.24, 2.45) is 5.92 Å². The van der Waals surface area contributed by atoms with Crippen molar-refractivity contribution in [1.82, 2.24) is 15.2 Å². The number of hydrogen-bond acceptors (Lipinski definition) is 4. The Bertz CT molecular complexity index is 1090. The highest BCUT2D eigenvalue weighted by Gasteiger charge is 2.26. The molecule has 0 bridgehead atoms. The lowest BCUT2D eigenvalue weighted by atomic mass is 9.92. The highest BCUT2D eigenvalue weighted by Crippen LogP contribution is 2.27. The summed E-state index contributed by atoms with van der Waals surface area (Å²) < 4.78 is 5.86. The summed E-state index contributed by atoms with van der Waals surface area (Å²) in [6, 6.07) is 15.6. The zero-order valence-electron chi connectivity index (χ0n) is 18.3. The van der Waals surface area contributed by atoms with Gasteiger partial charge in [-0.05, 0) is 61.9 Å². The molecular weight excluding hydrogens is 402 g/mol. The molecule has 3 aromatic rings. The molecule has 2 aromatic carbocycles. The van der Waals surface area contributed by atoms with Crippen LogP contribution in [0.25, 0.3) is 22.6 Å². The van der Waals surface area contributed by atoms with E-state index in [2.05, 4.69) is 10.3 Å². The minimum absolute atomic E-state index is 0.0185. The second-order valence-corrected chi connectivity index (χ2v) is 9.06. The molecule has 0 spiro atoms. The lowest BCUT2D eigenvalue weighted by Crippen LogP contribution is -2.40. The van der Waals surface area contributed by atoms with E-state index in [9.17, 15) is 9.59 Å². The molecule has 2 fully saturated rings. The van der Waals surface area contributed by atoms with Gasteiger partial charge in [-0.3, -0.25) is 9.59 Å². The molecule has 6 heteroatoms. The number of likely N-dealkylation sites (tertiary alicyclic amines) is 1. The molecule has 2 amide bonds. The van der Waals surface area contributed by atoms with Gasteiger partial charge in [-0.2, -0.15) is 0 Å². The van der Waals surface area contributed by atoms with Gasteiger partial charge in [-0.25, -0.2) is 4.98 Å². The van der Waals surface area contributed by atoms with Gasteiger partial charge >= 0.3 is 0 Å². The van der Waals surface area contributed by atoms with Gasteiger partial charge in [0.15, 0.2) is 5.58 Å². The molecule has 1 N–H and O–H groups in total. The zero-order valence-corrected chi connectivity index (χ0v) is 18.3. The van der Waals surface area contributed by atoms with Crippen molar-refractivity contribution in [3.8, 4) is 11.5 Å². The third-order valence-corrected chi connectivity index (χ3v) is 6.75. The largest absolute Gasteiger partial charge is 0.436 e. The lowest BCUT2D eigenvalue weighted by molar-refractivity contribution is -0.123. The van der Waals surface area contributed by atoms with Crippen molar-refractivity contribution in [2.45, 2.75) is 51.0 Å². The van der Waals surface area contributed by atoms with Crippen LogP contribution in [0, 0.1) is 5.92 Å². The number of benzene rings is 2. The maximum atomic E-state index is 13.1. The first-order valence-corrected chi connectivity index (χ1v) is 11.7. The monoisotopic (exact) mass is 431 g/mol. The van der Waals surface area contributed by atoms with Crippen LogP contribution in [-0.4, -0.2) is 40.8 Å². The molecule has 166 valence electrons. The summed E-state index contributed by atoms with van der Waals surface area (Å²) in [5.74, 6) is 1.10. The number of nitrogens with zero attached hydrogens (tertiary/aromatic N) is 2. The Labute approximate surface area is 188 Å². The summed E-state index contributed by atoms with van der Waals surface area (Å²) in [7, 11) is 0. The summed E-state index contributed by atoms with van der Waals surface area (Å²) in [6.07, 6.45) is 6.98. The van der Waals surface area contributed by atoms with Gasteiger partial charge in [0.2, 0.25) is 11.8 Å². The number of carbonyl (C=O) groups is 2. The minimum Gasteiger partial charge on any atom is -0.436 e. The number of aromatic nitrogens is 1. The summed E-state index contributed by atoms with van der Waals surface area (Å²) >= 11 is 0. The number of fused-ring (bicyclic) bond motifs is 1. The number of piperidine rings is 1. The number of amides is 2. The van der Waals surface area contributed by atoms with Crippen molar-refractivity contribution < 1.29 is 14.0 Å². The van der Waals surface area contributed by atoms with E-state index in [0.717, 1.165) is 31.2 Å². The van der Waals surface area contributed by atoms with E-state index in [-0.39, 0.29) is 11.8 Å². The normalized spacial score (nSPS) is 17.7. The molecule has 6 nitrogen and oxygen atoms in total. The molecule has 0 atom stereocenters. The van der Waals surface area contributed by atoms with E-state index in [1.54, 1.807) is 0 Å². The van der Waals surface area contributed by atoms with Crippen LogP contribution in [0.5, 0.6) is 0 Å². The molecule has 1 aromatic heterocycles. The molecular formula is C26H29N3O3. The van der Waals surface area contributed by atoms with Crippen LogP contribution < -0.4 is 5.32 Å². The van der Waals surface area contributed by atoms with Crippen molar-refractivity contribution in [3.63, 3.8) is 0 Å². The fourth-order valence-electron chi connectivity index (χ4n) is 4.91. The molecule has 32 heavy (non-hydrogen) atoms. The fourth-order valence-corrected chi connectivity index (χ4v) is 4.91. The van der Waals surface area contributed by atoms with Gasteiger partial charge in [0, 0.05) is 36.7 Å². The summed E-state index contributed by atoms with van der Waals surface area (Å²) in [5.41, 5.74) is 2.90. The lowest BCUT2D eigenvalue weighted by Gasteiger charge is -2.32. The molecule has 1 aliphatic heterocycles. The van der Waals surface area contributed by atoms with Gasteiger partial charge in [0.1, 0.15) is 5.52 Å². The smallest absolute Gasteiger partial charge is 0.253 e. The van der Waals surface area contributed by atoms with E-state index in [4.69, 9.17) is 4.42 Å². The van der Waals surface area contributed by atoms with Crippen LogP contribution in [-0.2, 0) is 4.79 Å². The zero-order chi connectivity index (χ0) is 21.9. The Balaban J connectivity index is 1.19. The first kappa shape index (κ1) is 20.7. The van der Waals surface area contributed by atoms with Crippen LogP contribution >= 0.6 is 0 Å². The van der Waals surface area contributed by atoms with Crippen LogP contribution in [0.2, 0.25) is 0 Å². The van der Waals surface area contributed by atoms with Crippen LogP contribution in [0.4, 0.5) is 0 Å². The Morgan fingerprint density at radius 3 is 2.50 bits per heavy atom. The van der Waals surface area contributed by atoms with Crippen LogP contribution in [0.3, 0.4) is 0 Å². The molecule has 1 saturated carbocycles. The van der Waals surface area contributed by atoms with E-state index >= 15 is 0 Å². The van der Waals surface area contributed by atoms with Crippen molar-refractivity contribution in [2.75, 3.05) is 13.1 Å². The van der Waals surface area contributed by atoms with Crippen LogP contribution in [0.15, 0.2) is 52.9 Å². The number of carbonyl (C=O) groups excluding carboxylic acids is 2. The van der Waals surface area contributed by atoms with Gasteiger partial charge in [-0.1, -0.05) is 31.0 Å². The predicted octanol–water partition coefficient (Wildman–Crippen LogP) is 4.80. The SMILES string of the molecule is O=C(CC1CCN(C(=O)c2ccc3oc(-c4ccccc4)nc3c2)CC1)NC1CCCC1. The van der Waals surface area contributed by atoms with Crippen molar-refractivity contribution >= 4 is 22.9 Å². The van der Waals surface area contributed by atoms with Gasteiger partial charge in [0.25, 0.3) is 5.91 Å². The Hall–Kier alpha value is -3.15. The first-order valence-electron chi connectivity index (χ1n) is 11.7. The second kappa shape index (κ2) is 9.15. The second-order valence-electron chi connectivity index (χ2n) is 9.06. The number of oxazole rings is 1. The number of nitrogens with one attached hydrogen (secondary N) is 1.